The van der Waals surface area contributed by atoms with Crippen LogP contribution in [0.15, 0.2) is 42.6 Å². The number of pyridine rings is 1. The van der Waals surface area contributed by atoms with E-state index in [0.717, 1.165) is 12.2 Å². The van der Waals surface area contributed by atoms with Crippen LogP contribution < -0.4 is 10.6 Å². The van der Waals surface area contributed by atoms with Gasteiger partial charge in [-0.3, -0.25) is 4.79 Å². The predicted molar refractivity (Wildman–Crippen MR) is 90.0 cm³/mol. The molecule has 0 bridgehead atoms. The number of rotatable bonds is 4. The first-order valence-corrected chi connectivity index (χ1v) is 7.42. The Kier molecular flexibility index (Phi) is 4.81. The van der Waals surface area contributed by atoms with E-state index >= 15 is 0 Å². The van der Waals surface area contributed by atoms with Crippen molar-refractivity contribution in [3.8, 4) is 0 Å². The van der Waals surface area contributed by atoms with Crippen LogP contribution in [0.3, 0.4) is 0 Å². The summed E-state index contributed by atoms with van der Waals surface area (Å²) in [6.07, 6.45) is 1.69. The molecule has 22 heavy (non-hydrogen) atoms. The molecule has 0 aliphatic carbocycles. The van der Waals surface area contributed by atoms with Crippen LogP contribution in [0.1, 0.15) is 42.4 Å². The molecule has 0 aliphatic rings. The Morgan fingerprint density at radius 2 is 1.86 bits per heavy atom. The van der Waals surface area contributed by atoms with Gasteiger partial charge in [-0.05, 0) is 51.0 Å². The summed E-state index contributed by atoms with van der Waals surface area (Å²) in [5, 5.41) is 6.22. The van der Waals surface area contributed by atoms with Crippen molar-refractivity contribution in [2.75, 3.05) is 5.32 Å². The Morgan fingerprint density at radius 3 is 2.45 bits per heavy atom. The van der Waals surface area contributed by atoms with Crippen molar-refractivity contribution in [2.45, 2.75) is 39.8 Å². The summed E-state index contributed by atoms with van der Waals surface area (Å²) in [7, 11) is 0. The highest BCUT2D eigenvalue weighted by Gasteiger charge is 2.15. The first-order valence-electron chi connectivity index (χ1n) is 7.42. The van der Waals surface area contributed by atoms with E-state index in [9.17, 15) is 4.79 Å². The molecule has 2 N–H and O–H groups in total. The zero-order chi connectivity index (χ0) is 16.2. The number of aryl methyl sites for hydroxylation is 1. The summed E-state index contributed by atoms with van der Waals surface area (Å²) in [5.74, 6) is -0.155. The van der Waals surface area contributed by atoms with Gasteiger partial charge in [0.15, 0.2) is 0 Å². The SMILES string of the molecule is Cc1ccccc1CNc1ccc(C(=O)NC(C)(C)C)nc1. The van der Waals surface area contributed by atoms with Crippen molar-refractivity contribution in [3.63, 3.8) is 0 Å². The summed E-state index contributed by atoms with van der Waals surface area (Å²) < 4.78 is 0. The van der Waals surface area contributed by atoms with Gasteiger partial charge < -0.3 is 10.6 Å². The molecule has 1 aromatic carbocycles. The normalized spacial score (nSPS) is 11.1. The third-order valence-electron chi connectivity index (χ3n) is 3.23. The van der Waals surface area contributed by atoms with Gasteiger partial charge in [0.05, 0.1) is 11.9 Å². The smallest absolute Gasteiger partial charge is 0.270 e. The van der Waals surface area contributed by atoms with Crippen molar-refractivity contribution >= 4 is 11.6 Å². The lowest BCUT2D eigenvalue weighted by atomic mass is 10.1. The van der Waals surface area contributed by atoms with Crippen molar-refractivity contribution in [2.24, 2.45) is 0 Å². The Morgan fingerprint density at radius 1 is 1.14 bits per heavy atom. The highest BCUT2D eigenvalue weighted by Crippen LogP contribution is 2.12. The van der Waals surface area contributed by atoms with Crippen molar-refractivity contribution in [3.05, 3.63) is 59.4 Å². The van der Waals surface area contributed by atoms with Gasteiger partial charge in [0.25, 0.3) is 5.91 Å². The summed E-state index contributed by atoms with van der Waals surface area (Å²) in [4.78, 5) is 16.2. The molecule has 116 valence electrons. The van der Waals surface area contributed by atoms with Crippen LogP contribution in [0.25, 0.3) is 0 Å². The standard InChI is InChI=1S/C18H23N3O/c1-13-7-5-6-8-14(13)11-19-15-9-10-16(20-12-15)17(22)21-18(2,3)4/h5-10,12,19H,11H2,1-4H3,(H,21,22). The number of nitrogens with one attached hydrogen (secondary N) is 2. The third-order valence-corrected chi connectivity index (χ3v) is 3.23. The Hall–Kier alpha value is -2.36. The molecule has 1 aromatic heterocycles. The van der Waals surface area contributed by atoms with Crippen molar-refractivity contribution in [1.29, 1.82) is 0 Å². The summed E-state index contributed by atoms with van der Waals surface area (Å²) >= 11 is 0. The monoisotopic (exact) mass is 297 g/mol. The first kappa shape index (κ1) is 16.0. The Balaban J connectivity index is 1.98. The van der Waals surface area contributed by atoms with E-state index in [2.05, 4.69) is 34.7 Å². The number of hydrogen-bond acceptors (Lipinski definition) is 3. The second kappa shape index (κ2) is 6.60. The minimum absolute atomic E-state index is 0.155. The lowest BCUT2D eigenvalue weighted by Crippen LogP contribution is -2.40. The lowest BCUT2D eigenvalue weighted by Gasteiger charge is -2.20. The number of carbonyl (C=O) groups excluding carboxylic acids is 1. The van der Waals surface area contributed by atoms with E-state index in [0.29, 0.717) is 5.69 Å². The number of benzene rings is 1. The molecule has 0 unspecified atom stereocenters. The van der Waals surface area contributed by atoms with E-state index < -0.39 is 0 Å². The quantitative estimate of drug-likeness (QED) is 0.907. The molecule has 4 heteroatoms. The van der Waals surface area contributed by atoms with Gasteiger partial charge in [0, 0.05) is 12.1 Å². The molecule has 0 aliphatic heterocycles. The Labute approximate surface area is 132 Å². The molecule has 1 heterocycles. The van der Waals surface area contributed by atoms with Crippen LogP contribution in [0.4, 0.5) is 5.69 Å². The zero-order valence-electron chi connectivity index (χ0n) is 13.6. The fourth-order valence-corrected chi connectivity index (χ4v) is 2.04. The minimum atomic E-state index is -0.263. The van der Waals surface area contributed by atoms with Gasteiger partial charge in [-0.25, -0.2) is 4.98 Å². The molecule has 0 saturated carbocycles. The van der Waals surface area contributed by atoms with Crippen LogP contribution in [-0.2, 0) is 6.54 Å². The number of amides is 1. The molecule has 4 nitrogen and oxygen atoms in total. The van der Waals surface area contributed by atoms with E-state index in [1.54, 1.807) is 12.3 Å². The second-order valence-corrected chi connectivity index (χ2v) is 6.42. The highest BCUT2D eigenvalue weighted by molar-refractivity contribution is 5.92. The molecular weight excluding hydrogens is 274 g/mol. The van der Waals surface area contributed by atoms with Gasteiger partial charge in [-0.1, -0.05) is 24.3 Å². The van der Waals surface area contributed by atoms with Gasteiger partial charge in [-0.2, -0.15) is 0 Å². The van der Waals surface area contributed by atoms with Crippen LogP contribution in [0.2, 0.25) is 0 Å². The van der Waals surface area contributed by atoms with Crippen molar-refractivity contribution < 1.29 is 4.79 Å². The van der Waals surface area contributed by atoms with Gasteiger partial charge in [-0.15, -0.1) is 0 Å². The predicted octanol–water partition coefficient (Wildman–Crippen LogP) is 3.53. The van der Waals surface area contributed by atoms with E-state index in [1.807, 2.05) is 39.0 Å². The van der Waals surface area contributed by atoms with Crippen LogP contribution in [-0.4, -0.2) is 16.4 Å². The maximum absolute atomic E-state index is 12.0. The summed E-state index contributed by atoms with van der Waals surface area (Å²) in [5.41, 5.74) is 3.56. The molecule has 0 atom stereocenters. The number of aromatic nitrogens is 1. The molecule has 0 spiro atoms. The molecule has 0 radical (unpaired) electrons. The molecular formula is C18H23N3O. The molecule has 0 fully saturated rings. The number of anilines is 1. The molecule has 1 amide bonds. The zero-order valence-corrected chi connectivity index (χ0v) is 13.6. The lowest BCUT2D eigenvalue weighted by molar-refractivity contribution is 0.0914. The maximum atomic E-state index is 12.0. The highest BCUT2D eigenvalue weighted by atomic mass is 16.2. The second-order valence-electron chi connectivity index (χ2n) is 6.42. The summed E-state index contributed by atoms with van der Waals surface area (Å²) in [6.45, 7) is 8.67. The minimum Gasteiger partial charge on any atom is -0.380 e. The third kappa shape index (κ3) is 4.58. The fourth-order valence-electron chi connectivity index (χ4n) is 2.04. The number of hydrogen-bond donors (Lipinski definition) is 2. The van der Waals surface area contributed by atoms with Gasteiger partial charge in [0.1, 0.15) is 5.69 Å². The van der Waals surface area contributed by atoms with Crippen LogP contribution in [0, 0.1) is 6.92 Å². The maximum Gasteiger partial charge on any atom is 0.270 e. The fraction of sp³-hybridized carbons (Fsp3) is 0.333. The largest absolute Gasteiger partial charge is 0.380 e. The average Bonchev–Trinajstić information content (AvgIpc) is 2.45. The molecule has 0 saturated heterocycles. The molecule has 2 rings (SSSR count). The average molecular weight is 297 g/mol. The Bertz CT molecular complexity index is 642. The first-order chi connectivity index (χ1) is 10.3. The number of nitrogens with zero attached hydrogens (tertiary/aromatic N) is 1. The summed E-state index contributed by atoms with van der Waals surface area (Å²) in [6, 6.07) is 11.9. The van der Waals surface area contributed by atoms with Gasteiger partial charge in [0.2, 0.25) is 0 Å². The van der Waals surface area contributed by atoms with Crippen LogP contribution in [0.5, 0.6) is 0 Å². The van der Waals surface area contributed by atoms with E-state index in [4.69, 9.17) is 0 Å². The number of carbonyl (C=O) groups is 1. The van der Waals surface area contributed by atoms with E-state index in [-0.39, 0.29) is 11.4 Å². The van der Waals surface area contributed by atoms with E-state index in [1.165, 1.54) is 11.1 Å². The topological polar surface area (TPSA) is 54.0 Å². The van der Waals surface area contributed by atoms with Crippen molar-refractivity contribution in [1.82, 2.24) is 10.3 Å². The van der Waals surface area contributed by atoms with Gasteiger partial charge >= 0.3 is 0 Å². The van der Waals surface area contributed by atoms with Crippen LogP contribution >= 0.6 is 0 Å². The molecule has 2 aromatic rings.